The zero-order chi connectivity index (χ0) is 25.4. The topological polar surface area (TPSA) is 89.0 Å². The van der Waals surface area contributed by atoms with E-state index in [-0.39, 0.29) is 6.61 Å². The third kappa shape index (κ3) is 7.30. The largest absolute Gasteiger partial charge is 0.493 e. The molecular formula is C25H22Br2ClN3O4. The summed E-state index contributed by atoms with van der Waals surface area (Å²) in [6, 6.07) is 18.0. The number of nitrogens with zero attached hydrogens (tertiary/aromatic N) is 1. The number of benzene rings is 3. The number of amides is 2. The lowest BCUT2D eigenvalue weighted by Crippen LogP contribution is -2.34. The minimum Gasteiger partial charge on any atom is -0.493 e. The molecular weight excluding hydrogens is 602 g/mol. The van der Waals surface area contributed by atoms with E-state index in [1.807, 2.05) is 24.3 Å². The van der Waals surface area contributed by atoms with Crippen molar-refractivity contribution < 1.29 is 19.1 Å². The second-order valence-corrected chi connectivity index (χ2v) is 9.46. The van der Waals surface area contributed by atoms with Crippen molar-refractivity contribution in [1.82, 2.24) is 5.43 Å². The van der Waals surface area contributed by atoms with Crippen molar-refractivity contribution in [2.75, 3.05) is 12.4 Å². The lowest BCUT2D eigenvalue weighted by atomic mass is 10.1. The molecule has 0 aliphatic heterocycles. The maximum Gasteiger partial charge on any atom is 0.252 e. The zero-order valence-electron chi connectivity index (χ0n) is 18.8. The molecule has 0 fully saturated rings. The van der Waals surface area contributed by atoms with Gasteiger partial charge in [-0.05, 0) is 74.7 Å². The lowest BCUT2D eigenvalue weighted by molar-refractivity contribution is -0.131. The molecule has 0 saturated carbocycles. The Balaban J connectivity index is 1.62. The van der Waals surface area contributed by atoms with Gasteiger partial charge in [-0.2, -0.15) is 5.10 Å². The minimum absolute atomic E-state index is 0.262. The molecule has 182 valence electrons. The van der Waals surface area contributed by atoms with Gasteiger partial charge in [0.1, 0.15) is 12.5 Å². The minimum atomic E-state index is -0.957. The first-order valence-electron chi connectivity index (χ1n) is 10.4. The molecule has 35 heavy (non-hydrogen) atoms. The number of ether oxygens (including phenoxy) is 2. The van der Waals surface area contributed by atoms with Crippen LogP contribution >= 0.6 is 43.5 Å². The van der Waals surface area contributed by atoms with Gasteiger partial charge in [-0.1, -0.05) is 41.9 Å². The second kappa shape index (κ2) is 12.7. The van der Waals surface area contributed by atoms with E-state index in [0.29, 0.717) is 32.2 Å². The molecule has 0 saturated heterocycles. The molecule has 0 radical (unpaired) electrons. The Kier molecular flexibility index (Phi) is 9.71. The van der Waals surface area contributed by atoms with Crippen LogP contribution in [-0.4, -0.2) is 25.1 Å². The molecule has 0 bridgehead atoms. The van der Waals surface area contributed by atoms with Crippen molar-refractivity contribution in [3.8, 4) is 11.5 Å². The van der Waals surface area contributed by atoms with Gasteiger partial charge in [-0.15, -0.1) is 0 Å². The Labute approximate surface area is 225 Å². The van der Waals surface area contributed by atoms with E-state index in [0.717, 1.165) is 10.0 Å². The number of hydrogen-bond donors (Lipinski definition) is 2. The van der Waals surface area contributed by atoms with Gasteiger partial charge in [-0.3, -0.25) is 9.59 Å². The first-order valence-corrected chi connectivity index (χ1v) is 12.4. The van der Waals surface area contributed by atoms with E-state index in [2.05, 4.69) is 47.7 Å². The van der Waals surface area contributed by atoms with Crippen LogP contribution in [0.4, 0.5) is 5.69 Å². The van der Waals surface area contributed by atoms with E-state index in [9.17, 15) is 9.59 Å². The molecule has 10 heteroatoms. The summed E-state index contributed by atoms with van der Waals surface area (Å²) in [6.07, 6.45) is 1.45. The number of halogens is 3. The quantitative estimate of drug-likeness (QED) is 0.169. The van der Waals surface area contributed by atoms with Gasteiger partial charge in [0.05, 0.1) is 23.5 Å². The summed E-state index contributed by atoms with van der Waals surface area (Å²) in [4.78, 5) is 24.8. The standard InChI is InChI=1S/C25H22Br2ClN3O4/c1-15(24(32)30-21-10-6-4-8-18(21)26)25(33)31-29-13-16-11-19(27)23(22(12-16)34-2)35-14-17-7-3-5-9-20(17)28/h3-13,15H,14H2,1-2H3,(H,30,32)(H,31,33). The first-order chi connectivity index (χ1) is 16.8. The maximum absolute atomic E-state index is 12.4. The molecule has 0 aliphatic rings. The average molecular weight is 624 g/mol. The zero-order valence-corrected chi connectivity index (χ0v) is 22.8. The van der Waals surface area contributed by atoms with Crippen molar-refractivity contribution in [3.63, 3.8) is 0 Å². The fourth-order valence-corrected chi connectivity index (χ4v) is 4.06. The van der Waals surface area contributed by atoms with Crippen LogP contribution in [0.25, 0.3) is 0 Å². The van der Waals surface area contributed by atoms with Gasteiger partial charge >= 0.3 is 0 Å². The van der Waals surface area contributed by atoms with Crippen LogP contribution in [0.1, 0.15) is 18.1 Å². The van der Waals surface area contributed by atoms with Crippen LogP contribution in [0.3, 0.4) is 0 Å². The molecule has 1 atom stereocenters. The van der Waals surface area contributed by atoms with E-state index >= 15 is 0 Å². The van der Waals surface area contributed by atoms with Gasteiger partial charge in [0.15, 0.2) is 11.5 Å². The molecule has 2 amide bonds. The van der Waals surface area contributed by atoms with Crippen molar-refractivity contribution in [1.29, 1.82) is 0 Å². The Morgan fingerprint density at radius 1 is 1.06 bits per heavy atom. The number of carbonyl (C=O) groups is 2. The molecule has 0 heterocycles. The van der Waals surface area contributed by atoms with Crippen LogP contribution < -0.4 is 20.2 Å². The van der Waals surface area contributed by atoms with Gasteiger partial charge in [0, 0.05) is 15.1 Å². The lowest BCUT2D eigenvalue weighted by Gasteiger charge is -2.14. The maximum atomic E-state index is 12.4. The van der Waals surface area contributed by atoms with E-state index in [4.69, 9.17) is 21.1 Å². The van der Waals surface area contributed by atoms with Crippen molar-refractivity contribution >= 4 is 67.2 Å². The monoisotopic (exact) mass is 621 g/mol. The van der Waals surface area contributed by atoms with Crippen molar-refractivity contribution in [2.24, 2.45) is 11.0 Å². The normalized spacial score (nSPS) is 11.7. The summed E-state index contributed by atoms with van der Waals surface area (Å²) in [7, 11) is 1.53. The average Bonchev–Trinajstić information content (AvgIpc) is 2.84. The Morgan fingerprint density at radius 2 is 1.77 bits per heavy atom. The summed E-state index contributed by atoms with van der Waals surface area (Å²) in [5, 5.41) is 7.30. The van der Waals surface area contributed by atoms with Gasteiger partial charge < -0.3 is 14.8 Å². The highest BCUT2D eigenvalue weighted by Gasteiger charge is 2.22. The van der Waals surface area contributed by atoms with Crippen molar-refractivity contribution in [2.45, 2.75) is 13.5 Å². The van der Waals surface area contributed by atoms with Crippen molar-refractivity contribution in [3.05, 3.63) is 85.8 Å². The van der Waals surface area contributed by atoms with Crippen LogP contribution in [0.2, 0.25) is 5.02 Å². The Hall–Kier alpha value is -2.88. The van der Waals surface area contributed by atoms with Crippen LogP contribution in [-0.2, 0) is 16.2 Å². The summed E-state index contributed by atoms with van der Waals surface area (Å²) in [6.45, 7) is 1.76. The molecule has 2 N–H and O–H groups in total. The van der Waals surface area contributed by atoms with E-state index in [1.54, 1.807) is 36.4 Å². The molecule has 7 nitrogen and oxygen atoms in total. The summed E-state index contributed by atoms with van der Waals surface area (Å²) in [5.74, 6) is -0.974. The number of anilines is 1. The number of methoxy groups -OCH3 is 1. The molecule has 0 aromatic heterocycles. The predicted molar refractivity (Wildman–Crippen MR) is 144 cm³/mol. The highest BCUT2D eigenvalue weighted by atomic mass is 79.9. The van der Waals surface area contributed by atoms with Gasteiger partial charge in [0.2, 0.25) is 5.91 Å². The molecule has 0 spiro atoms. The Morgan fingerprint density at radius 3 is 2.49 bits per heavy atom. The third-order valence-corrected chi connectivity index (χ3v) is 6.54. The van der Waals surface area contributed by atoms with Gasteiger partial charge in [0.25, 0.3) is 5.91 Å². The number of carbonyl (C=O) groups excluding carboxylic acids is 2. The molecule has 3 rings (SSSR count). The number of hydrogen-bond acceptors (Lipinski definition) is 5. The molecule has 3 aromatic rings. The first kappa shape index (κ1) is 26.7. The summed E-state index contributed by atoms with van der Waals surface area (Å²) < 4.78 is 12.7. The van der Waals surface area contributed by atoms with Crippen LogP contribution in [0.5, 0.6) is 11.5 Å². The highest BCUT2D eigenvalue weighted by molar-refractivity contribution is 9.11. The molecule has 0 aliphatic carbocycles. The predicted octanol–water partition coefficient (Wildman–Crippen LogP) is 6.18. The number of rotatable bonds is 9. The van der Waals surface area contributed by atoms with E-state index in [1.165, 1.54) is 20.2 Å². The fraction of sp³-hybridized carbons (Fsp3) is 0.160. The van der Waals surface area contributed by atoms with Crippen LogP contribution in [0.15, 0.2) is 74.7 Å². The van der Waals surface area contributed by atoms with Gasteiger partial charge in [-0.25, -0.2) is 5.43 Å². The molecule has 1 unspecified atom stereocenters. The SMILES string of the molecule is COc1cc(C=NNC(=O)C(C)C(=O)Nc2ccccc2Br)cc(Br)c1OCc1ccccc1Cl. The third-order valence-electron chi connectivity index (χ3n) is 4.89. The number of nitrogens with one attached hydrogen (secondary N) is 2. The van der Waals surface area contributed by atoms with Crippen LogP contribution in [0, 0.1) is 5.92 Å². The van der Waals surface area contributed by atoms with E-state index < -0.39 is 17.7 Å². The molecule has 3 aromatic carbocycles. The number of para-hydroxylation sites is 1. The second-order valence-electron chi connectivity index (χ2n) is 7.34. The highest BCUT2D eigenvalue weighted by Crippen LogP contribution is 2.37. The Bertz CT molecular complexity index is 1250. The number of hydrazone groups is 1. The smallest absolute Gasteiger partial charge is 0.252 e. The summed E-state index contributed by atoms with van der Waals surface area (Å²) >= 11 is 13.0. The summed E-state index contributed by atoms with van der Waals surface area (Å²) in [5.41, 5.74) is 4.46. The fourth-order valence-electron chi connectivity index (χ4n) is 2.91.